The molecule has 3 rings (SSSR count). The van der Waals surface area contributed by atoms with Crippen molar-refractivity contribution >= 4 is 23.3 Å². The quantitative estimate of drug-likeness (QED) is 0.885. The molecule has 0 bridgehead atoms. The summed E-state index contributed by atoms with van der Waals surface area (Å²) in [5.74, 6) is 0.148. The molecular weight excluding hydrogens is 306 g/mol. The maximum absolute atomic E-state index is 12.1. The summed E-state index contributed by atoms with van der Waals surface area (Å²) >= 11 is 0. The summed E-state index contributed by atoms with van der Waals surface area (Å²) < 4.78 is 0. The number of nitrogens with one attached hydrogen (secondary N) is 1. The Morgan fingerprint density at radius 1 is 1.25 bits per heavy atom. The van der Waals surface area contributed by atoms with E-state index in [1.165, 1.54) is 6.20 Å². The smallest absolute Gasteiger partial charge is 0.257 e. The van der Waals surface area contributed by atoms with E-state index in [9.17, 15) is 9.59 Å². The first kappa shape index (κ1) is 15.9. The zero-order valence-corrected chi connectivity index (χ0v) is 13.2. The summed E-state index contributed by atoms with van der Waals surface area (Å²) in [6.07, 6.45) is 6.47. The SMILES string of the molecule is NC(=O)C1CCCN(c2ccc(NC(=O)c3cccnc3)cn2)C1. The third kappa shape index (κ3) is 3.68. The lowest BCUT2D eigenvalue weighted by molar-refractivity contribution is -0.122. The van der Waals surface area contributed by atoms with Crippen LogP contribution in [0.3, 0.4) is 0 Å². The van der Waals surface area contributed by atoms with Crippen LogP contribution in [0.15, 0.2) is 42.9 Å². The molecule has 3 N–H and O–H groups in total. The summed E-state index contributed by atoms with van der Waals surface area (Å²) in [6.45, 7) is 1.43. The Kier molecular flexibility index (Phi) is 4.69. The fraction of sp³-hybridized carbons (Fsp3) is 0.294. The number of carbonyl (C=O) groups is 2. The second-order valence-corrected chi connectivity index (χ2v) is 5.79. The first-order valence-electron chi connectivity index (χ1n) is 7.85. The van der Waals surface area contributed by atoms with Gasteiger partial charge in [0, 0.05) is 25.5 Å². The molecule has 2 amide bonds. The number of carbonyl (C=O) groups excluding carboxylic acids is 2. The minimum Gasteiger partial charge on any atom is -0.369 e. The first-order valence-corrected chi connectivity index (χ1v) is 7.85. The monoisotopic (exact) mass is 325 g/mol. The predicted molar refractivity (Wildman–Crippen MR) is 90.6 cm³/mol. The highest BCUT2D eigenvalue weighted by atomic mass is 16.2. The van der Waals surface area contributed by atoms with Crippen LogP contribution in [0.1, 0.15) is 23.2 Å². The van der Waals surface area contributed by atoms with Gasteiger partial charge in [-0.25, -0.2) is 4.98 Å². The van der Waals surface area contributed by atoms with Crippen molar-refractivity contribution in [3.8, 4) is 0 Å². The molecule has 124 valence electrons. The molecule has 2 aromatic rings. The van der Waals surface area contributed by atoms with E-state index in [-0.39, 0.29) is 17.7 Å². The highest BCUT2D eigenvalue weighted by Gasteiger charge is 2.24. The van der Waals surface area contributed by atoms with E-state index in [1.807, 2.05) is 11.0 Å². The van der Waals surface area contributed by atoms with Gasteiger partial charge >= 0.3 is 0 Å². The fourth-order valence-electron chi connectivity index (χ4n) is 2.76. The van der Waals surface area contributed by atoms with Crippen LogP contribution >= 0.6 is 0 Å². The van der Waals surface area contributed by atoms with Crippen molar-refractivity contribution in [1.29, 1.82) is 0 Å². The second kappa shape index (κ2) is 7.08. The van der Waals surface area contributed by atoms with Crippen molar-refractivity contribution in [2.75, 3.05) is 23.3 Å². The molecule has 1 aliphatic heterocycles. The van der Waals surface area contributed by atoms with Gasteiger partial charge < -0.3 is 16.0 Å². The molecule has 1 unspecified atom stereocenters. The number of amides is 2. The fourth-order valence-corrected chi connectivity index (χ4v) is 2.76. The number of rotatable bonds is 4. The van der Waals surface area contributed by atoms with Crippen molar-refractivity contribution in [2.45, 2.75) is 12.8 Å². The van der Waals surface area contributed by atoms with E-state index in [1.54, 1.807) is 30.6 Å². The van der Waals surface area contributed by atoms with E-state index in [0.29, 0.717) is 17.8 Å². The third-order valence-corrected chi connectivity index (χ3v) is 4.08. The molecule has 7 nitrogen and oxygen atoms in total. The summed E-state index contributed by atoms with van der Waals surface area (Å²) in [5.41, 5.74) is 6.50. The molecule has 24 heavy (non-hydrogen) atoms. The van der Waals surface area contributed by atoms with Gasteiger partial charge in [-0.2, -0.15) is 0 Å². The average molecular weight is 325 g/mol. The zero-order valence-electron chi connectivity index (χ0n) is 13.2. The Morgan fingerprint density at radius 2 is 2.12 bits per heavy atom. The van der Waals surface area contributed by atoms with Gasteiger partial charge in [-0.1, -0.05) is 0 Å². The van der Waals surface area contributed by atoms with Crippen molar-refractivity contribution in [1.82, 2.24) is 9.97 Å². The van der Waals surface area contributed by atoms with Crippen LogP contribution in [0.5, 0.6) is 0 Å². The molecule has 0 aromatic carbocycles. The molecule has 0 radical (unpaired) electrons. The lowest BCUT2D eigenvalue weighted by Gasteiger charge is -2.32. The lowest BCUT2D eigenvalue weighted by atomic mass is 9.97. The van der Waals surface area contributed by atoms with Crippen molar-refractivity contribution < 1.29 is 9.59 Å². The van der Waals surface area contributed by atoms with E-state index in [4.69, 9.17) is 5.73 Å². The number of piperidine rings is 1. The van der Waals surface area contributed by atoms with Crippen LogP contribution in [-0.4, -0.2) is 34.9 Å². The topological polar surface area (TPSA) is 101 Å². The number of nitrogens with two attached hydrogens (primary N) is 1. The molecule has 1 fully saturated rings. The molecule has 0 aliphatic carbocycles. The maximum Gasteiger partial charge on any atom is 0.257 e. The number of hydrogen-bond donors (Lipinski definition) is 2. The molecule has 1 atom stereocenters. The largest absolute Gasteiger partial charge is 0.369 e. The number of anilines is 2. The van der Waals surface area contributed by atoms with Gasteiger partial charge in [0.15, 0.2) is 0 Å². The highest BCUT2D eigenvalue weighted by molar-refractivity contribution is 6.03. The summed E-state index contributed by atoms with van der Waals surface area (Å²) in [5, 5.41) is 2.78. The Hall–Kier alpha value is -2.96. The maximum atomic E-state index is 12.1. The number of nitrogens with zero attached hydrogens (tertiary/aromatic N) is 3. The molecule has 7 heteroatoms. The highest BCUT2D eigenvalue weighted by Crippen LogP contribution is 2.22. The number of pyridine rings is 2. The van der Waals surface area contributed by atoms with Crippen LogP contribution in [0, 0.1) is 5.92 Å². The zero-order chi connectivity index (χ0) is 16.9. The van der Waals surface area contributed by atoms with Gasteiger partial charge in [-0.3, -0.25) is 14.6 Å². The molecule has 2 aromatic heterocycles. The Morgan fingerprint density at radius 3 is 2.79 bits per heavy atom. The number of hydrogen-bond acceptors (Lipinski definition) is 5. The predicted octanol–water partition coefficient (Wildman–Crippen LogP) is 1.43. The lowest BCUT2D eigenvalue weighted by Crippen LogP contribution is -2.41. The summed E-state index contributed by atoms with van der Waals surface area (Å²) in [6, 6.07) is 7.04. The number of primary amides is 1. The van der Waals surface area contributed by atoms with Gasteiger partial charge in [0.05, 0.1) is 23.4 Å². The Balaban J connectivity index is 1.65. The first-order chi connectivity index (χ1) is 11.6. The third-order valence-electron chi connectivity index (χ3n) is 4.08. The minimum absolute atomic E-state index is 0.134. The Bertz CT molecular complexity index is 718. The van der Waals surface area contributed by atoms with E-state index in [0.717, 1.165) is 25.2 Å². The average Bonchev–Trinajstić information content (AvgIpc) is 2.63. The molecular formula is C17H19N5O2. The standard InChI is InChI=1S/C17H19N5O2/c18-16(23)13-4-2-8-22(11-13)15-6-5-14(10-20-15)21-17(24)12-3-1-7-19-9-12/h1,3,5-7,9-10,13H,2,4,8,11H2,(H2,18,23)(H,21,24). The van der Waals surface area contributed by atoms with Gasteiger partial charge in [0.1, 0.15) is 5.82 Å². The van der Waals surface area contributed by atoms with Crippen LogP contribution in [0.2, 0.25) is 0 Å². The molecule has 0 spiro atoms. The second-order valence-electron chi connectivity index (χ2n) is 5.79. The van der Waals surface area contributed by atoms with Gasteiger partial charge in [0.2, 0.25) is 5.91 Å². The van der Waals surface area contributed by atoms with Gasteiger partial charge in [-0.15, -0.1) is 0 Å². The van der Waals surface area contributed by atoms with Crippen LogP contribution in [0.25, 0.3) is 0 Å². The molecule has 0 saturated carbocycles. The summed E-state index contributed by atoms with van der Waals surface area (Å²) in [4.78, 5) is 33.8. The van der Waals surface area contributed by atoms with Crippen molar-refractivity contribution in [3.63, 3.8) is 0 Å². The normalized spacial score (nSPS) is 17.3. The Labute approximate surface area is 139 Å². The molecule has 1 saturated heterocycles. The molecule has 1 aliphatic rings. The van der Waals surface area contributed by atoms with Crippen molar-refractivity contribution in [2.24, 2.45) is 11.7 Å². The molecule has 3 heterocycles. The van der Waals surface area contributed by atoms with E-state index < -0.39 is 0 Å². The van der Waals surface area contributed by atoms with E-state index >= 15 is 0 Å². The van der Waals surface area contributed by atoms with E-state index in [2.05, 4.69) is 15.3 Å². The van der Waals surface area contributed by atoms with Gasteiger partial charge in [0.25, 0.3) is 5.91 Å². The van der Waals surface area contributed by atoms with Crippen molar-refractivity contribution in [3.05, 3.63) is 48.4 Å². The van der Waals surface area contributed by atoms with Crippen LogP contribution < -0.4 is 16.0 Å². The minimum atomic E-state index is -0.264. The van der Waals surface area contributed by atoms with Crippen LogP contribution in [-0.2, 0) is 4.79 Å². The number of aromatic nitrogens is 2. The van der Waals surface area contributed by atoms with Gasteiger partial charge in [-0.05, 0) is 37.1 Å². The van der Waals surface area contributed by atoms with Crippen LogP contribution in [0.4, 0.5) is 11.5 Å². The summed E-state index contributed by atoms with van der Waals surface area (Å²) in [7, 11) is 0.